The van der Waals surface area contributed by atoms with Crippen LogP contribution >= 0.6 is 32.1 Å². The minimum atomic E-state index is 0.834. The molecule has 0 bridgehead atoms. The lowest BCUT2D eigenvalue weighted by Gasteiger charge is -2.08. The van der Waals surface area contributed by atoms with Gasteiger partial charge in [-0.05, 0) is 34.1 Å². The van der Waals surface area contributed by atoms with Crippen LogP contribution in [0.2, 0.25) is 0 Å². The molecule has 0 radical (unpaired) electrons. The van der Waals surface area contributed by atoms with E-state index in [-0.39, 0.29) is 0 Å². The summed E-state index contributed by atoms with van der Waals surface area (Å²) in [5.41, 5.74) is 2.11. The van der Waals surface area contributed by atoms with Crippen LogP contribution in [-0.2, 0) is 0 Å². The van der Waals surface area contributed by atoms with Crippen LogP contribution in [0.1, 0.15) is 0 Å². The van der Waals surface area contributed by atoms with Crippen molar-refractivity contribution in [3.05, 3.63) is 41.3 Å². The monoisotopic (exact) mass is 341 g/mol. The van der Waals surface area contributed by atoms with E-state index in [4.69, 9.17) is 0 Å². The van der Waals surface area contributed by atoms with Gasteiger partial charge in [-0.3, -0.25) is 3.93 Å². The largest absolute Gasteiger partial charge is 0.296 e. The van der Waals surface area contributed by atoms with Gasteiger partial charge in [-0.15, -0.1) is 0 Å². The van der Waals surface area contributed by atoms with Gasteiger partial charge in [0.2, 0.25) is 0 Å². The molecule has 0 atom stereocenters. The second kappa shape index (κ2) is 4.93. The zero-order valence-electron chi connectivity index (χ0n) is 8.56. The highest BCUT2D eigenvalue weighted by atomic mass is 79.9. The van der Waals surface area contributed by atoms with Crippen LogP contribution in [0.5, 0.6) is 0 Å². The molecule has 0 amide bonds. The summed E-state index contributed by atoms with van der Waals surface area (Å²) in [7, 11) is 1.89. The number of halogens is 2. The van der Waals surface area contributed by atoms with Crippen molar-refractivity contribution in [2.75, 3.05) is 11.0 Å². The molecule has 0 saturated carbocycles. The fourth-order valence-corrected chi connectivity index (χ4v) is 1.73. The van der Waals surface area contributed by atoms with Crippen molar-refractivity contribution in [3.8, 4) is 11.1 Å². The average Bonchev–Trinajstić information content (AvgIpc) is 2.30. The molecule has 82 valence electrons. The number of hydrogen-bond acceptors (Lipinski definition) is 3. The third-order valence-corrected chi connectivity index (χ3v) is 2.96. The molecule has 2 aromatic rings. The molecule has 2 aromatic heterocycles. The van der Waals surface area contributed by atoms with Gasteiger partial charge in [-0.25, -0.2) is 9.97 Å². The van der Waals surface area contributed by atoms with Gasteiger partial charge in [-0.1, -0.05) is 6.07 Å². The third kappa shape index (κ3) is 2.59. The predicted octanol–water partition coefficient (Wildman–Crippen LogP) is 3.65. The first-order valence-electron chi connectivity index (χ1n) is 4.64. The van der Waals surface area contributed by atoms with Gasteiger partial charge in [0.05, 0.1) is 16.1 Å². The van der Waals surface area contributed by atoms with Gasteiger partial charge in [0.1, 0.15) is 10.4 Å². The lowest BCUT2D eigenvalue weighted by Crippen LogP contribution is -2.01. The van der Waals surface area contributed by atoms with Gasteiger partial charge in [-0.2, -0.15) is 0 Å². The van der Waals surface area contributed by atoms with E-state index in [2.05, 4.69) is 42.0 Å². The van der Waals surface area contributed by atoms with Gasteiger partial charge in [0.25, 0.3) is 0 Å². The number of nitrogens with zero attached hydrogens (tertiary/aromatic N) is 3. The normalized spacial score (nSPS) is 10.2. The molecular formula is C11H9Br2N3. The molecule has 2 heterocycles. The number of hydrogen-bond donors (Lipinski definition) is 0. The first-order valence-corrected chi connectivity index (χ1v) is 6.14. The Morgan fingerprint density at radius 2 is 1.62 bits per heavy atom. The maximum absolute atomic E-state index is 4.32. The molecule has 0 spiro atoms. The second-order valence-electron chi connectivity index (χ2n) is 3.25. The van der Waals surface area contributed by atoms with Crippen molar-refractivity contribution in [1.29, 1.82) is 0 Å². The Hall–Kier alpha value is -0.940. The van der Waals surface area contributed by atoms with Crippen LogP contribution in [0.25, 0.3) is 11.1 Å². The Bertz CT molecular complexity index is 466. The molecule has 0 saturated heterocycles. The molecule has 3 nitrogen and oxygen atoms in total. The standard InChI is InChI=1S/C11H9Br2N3/c1-16(13)11-5-3-9(7-15-11)8-2-4-10(12)14-6-8/h2-7H,1H3. The lowest BCUT2D eigenvalue weighted by molar-refractivity contribution is 1.22. The van der Waals surface area contributed by atoms with Gasteiger partial charge in [0, 0.05) is 30.6 Å². The summed E-state index contributed by atoms with van der Waals surface area (Å²) in [6, 6.07) is 7.89. The fourth-order valence-electron chi connectivity index (χ4n) is 1.29. The van der Waals surface area contributed by atoms with Crippen LogP contribution in [0.15, 0.2) is 41.3 Å². The molecule has 2 rings (SSSR count). The first-order chi connectivity index (χ1) is 7.66. The minimum absolute atomic E-state index is 0.834. The van der Waals surface area contributed by atoms with Gasteiger partial charge < -0.3 is 0 Å². The Morgan fingerprint density at radius 1 is 1.00 bits per heavy atom. The van der Waals surface area contributed by atoms with Crippen LogP contribution in [-0.4, -0.2) is 17.0 Å². The number of pyridine rings is 2. The van der Waals surface area contributed by atoms with E-state index < -0.39 is 0 Å². The smallest absolute Gasteiger partial charge is 0.138 e. The molecular weight excluding hydrogens is 334 g/mol. The van der Waals surface area contributed by atoms with Crippen molar-refractivity contribution < 1.29 is 0 Å². The SMILES string of the molecule is CN(Br)c1ccc(-c2ccc(Br)nc2)cn1. The highest BCUT2D eigenvalue weighted by Gasteiger charge is 2.01. The van der Waals surface area contributed by atoms with E-state index in [0.29, 0.717) is 0 Å². The molecule has 5 heteroatoms. The molecule has 0 N–H and O–H groups in total. The summed E-state index contributed by atoms with van der Waals surface area (Å²) in [4.78, 5) is 8.50. The van der Waals surface area contributed by atoms with Crippen molar-refractivity contribution in [3.63, 3.8) is 0 Å². The highest BCUT2D eigenvalue weighted by Crippen LogP contribution is 2.21. The fraction of sp³-hybridized carbons (Fsp3) is 0.0909. The Morgan fingerprint density at radius 3 is 2.06 bits per heavy atom. The molecule has 0 aromatic carbocycles. The van der Waals surface area contributed by atoms with E-state index in [9.17, 15) is 0 Å². The summed E-state index contributed by atoms with van der Waals surface area (Å²) in [5, 5.41) is 0. The lowest BCUT2D eigenvalue weighted by atomic mass is 10.1. The Kier molecular flexibility index (Phi) is 3.56. The molecule has 0 aliphatic rings. The maximum atomic E-state index is 4.32. The van der Waals surface area contributed by atoms with Crippen molar-refractivity contribution in [1.82, 2.24) is 9.97 Å². The Balaban J connectivity index is 2.31. The van der Waals surface area contributed by atoms with E-state index in [1.165, 1.54) is 0 Å². The summed E-state index contributed by atoms with van der Waals surface area (Å²) >= 11 is 6.63. The van der Waals surface area contributed by atoms with Crippen LogP contribution in [0.4, 0.5) is 5.82 Å². The molecule has 16 heavy (non-hydrogen) atoms. The van der Waals surface area contributed by atoms with Crippen molar-refractivity contribution in [2.24, 2.45) is 0 Å². The zero-order chi connectivity index (χ0) is 11.5. The molecule has 0 unspecified atom stereocenters. The number of rotatable bonds is 2. The first kappa shape index (κ1) is 11.5. The van der Waals surface area contributed by atoms with E-state index in [0.717, 1.165) is 21.5 Å². The summed E-state index contributed by atoms with van der Waals surface area (Å²) in [6.45, 7) is 0. The zero-order valence-corrected chi connectivity index (χ0v) is 11.7. The number of aromatic nitrogens is 2. The topological polar surface area (TPSA) is 29.0 Å². The van der Waals surface area contributed by atoms with E-state index in [1.807, 2.05) is 43.7 Å². The third-order valence-electron chi connectivity index (χ3n) is 2.12. The summed E-state index contributed by atoms with van der Waals surface area (Å²) in [5.74, 6) is 0.869. The summed E-state index contributed by atoms with van der Waals surface area (Å²) in [6.07, 6.45) is 3.65. The predicted molar refractivity (Wildman–Crippen MR) is 72.5 cm³/mol. The quantitative estimate of drug-likeness (QED) is 0.616. The minimum Gasteiger partial charge on any atom is -0.296 e. The molecule has 0 aliphatic heterocycles. The van der Waals surface area contributed by atoms with Crippen LogP contribution in [0, 0.1) is 0 Å². The molecule has 0 fully saturated rings. The average molecular weight is 343 g/mol. The van der Waals surface area contributed by atoms with Gasteiger partial charge in [0.15, 0.2) is 0 Å². The summed E-state index contributed by atoms with van der Waals surface area (Å²) < 4.78 is 2.62. The van der Waals surface area contributed by atoms with Crippen LogP contribution in [0.3, 0.4) is 0 Å². The highest BCUT2D eigenvalue weighted by molar-refractivity contribution is 9.10. The maximum Gasteiger partial charge on any atom is 0.138 e. The van der Waals surface area contributed by atoms with Crippen molar-refractivity contribution >= 4 is 37.9 Å². The van der Waals surface area contributed by atoms with Gasteiger partial charge >= 0.3 is 0 Å². The second-order valence-corrected chi connectivity index (χ2v) is 5.13. The number of anilines is 1. The molecule has 0 aliphatic carbocycles. The van der Waals surface area contributed by atoms with E-state index >= 15 is 0 Å². The Labute approximate surface area is 111 Å². The van der Waals surface area contributed by atoms with E-state index in [1.54, 1.807) is 3.93 Å². The van der Waals surface area contributed by atoms with Crippen molar-refractivity contribution in [2.45, 2.75) is 0 Å². The van der Waals surface area contributed by atoms with Crippen LogP contribution < -0.4 is 3.93 Å².